The molecule has 6 unspecified atom stereocenters. The number of carbonyl (C=O) groups is 5. The molecule has 4 amide bonds. The summed E-state index contributed by atoms with van der Waals surface area (Å²) in [5.41, 5.74) is 1.78. The minimum atomic E-state index is -1.30. The number of hydrogen-bond acceptors (Lipinski definition) is 9. The molecule has 2 aliphatic heterocycles. The average Bonchev–Trinajstić information content (AvgIpc) is 3.83. The van der Waals surface area contributed by atoms with Gasteiger partial charge in [0.25, 0.3) is 0 Å². The number of aryl methyl sites for hydroxylation is 2. The summed E-state index contributed by atoms with van der Waals surface area (Å²) in [6.45, 7) is 4.02. The number of carboxylic acids is 1. The summed E-state index contributed by atoms with van der Waals surface area (Å²) in [7, 11) is 3.16. The standard InChI is InChI=1S/C41H40ClIN4O8S/c1-19-24-16-21(42)9-12-30(24)56-36(19)28-18-31(45(3)44-28)47-38(52)26-17-25-22(34(41(26,2)40(47)54)20-14-27(43)35(50)29(15-20)55-4)10-11-23-33(25)39(53)46(37(23)51)13-7-5-6-8-32(48)49/h9-10,12,14-16,18,23,25-26,33-34,50H,5-8,11,13,17H2,1-4H3,(H,48,49). The highest BCUT2D eigenvalue weighted by atomic mass is 127. The number of likely N-dealkylation sites (tertiary alicyclic amines) is 1. The van der Waals surface area contributed by atoms with E-state index in [1.165, 1.54) is 16.9 Å². The van der Waals surface area contributed by atoms with Gasteiger partial charge >= 0.3 is 5.97 Å². The van der Waals surface area contributed by atoms with Gasteiger partial charge in [0.15, 0.2) is 11.5 Å². The maximum atomic E-state index is 15.2. The topological polar surface area (TPSA) is 159 Å². The predicted molar refractivity (Wildman–Crippen MR) is 219 cm³/mol. The Bertz CT molecular complexity index is 2410. The maximum absolute atomic E-state index is 15.2. The minimum Gasteiger partial charge on any atom is -0.504 e. The van der Waals surface area contributed by atoms with E-state index in [-0.39, 0.29) is 42.7 Å². The van der Waals surface area contributed by atoms with Gasteiger partial charge in [0.05, 0.1) is 38.7 Å². The molecule has 292 valence electrons. The molecule has 0 spiro atoms. The molecule has 2 N–H and O–H groups in total. The largest absolute Gasteiger partial charge is 0.504 e. The molecular weight excluding hydrogens is 871 g/mol. The number of aromatic nitrogens is 2. The molecule has 2 aromatic heterocycles. The van der Waals surface area contributed by atoms with Crippen LogP contribution in [0.3, 0.4) is 0 Å². The third-order valence-corrected chi connectivity index (χ3v) is 14.8. The second-order valence-corrected chi connectivity index (χ2v) is 18.1. The molecular formula is C41H40ClIN4O8S. The lowest BCUT2D eigenvalue weighted by atomic mass is 9.51. The Morgan fingerprint density at radius 3 is 2.57 bits per heavy atom. The van der Waals surface area contributed by atoms with E-state index in [1.54, 1.807) is 41.3 Å². The first kappa shape index (κ1) is 38.6. The van der Waals surface area contributed by atoms with Gasteiger partial charge in [-0.2, -0.15) is 5.10 Å². The molecule has 4 aromatic rings. The Morgan fingerprint density at radius 2 is 1.84 bits per heavy atom. The zero-order valence-corrected chi connectivity index (χ0v) is 34.9. The third-order valence-electron chi connectivity index (χ3n) is 12.5. The summed E-state index contributed by atoms with van der Waals surface area (Å²) < 4.78 is 8.66. The molecule has 1 saturated carbocycles. The van der Waals surface area contributed by atoms with Gasteiger partial charge in [-0.25, -0.2) is 4.90 Å². The van der Waals surface area contributed by atoms with Crippen LogP contribution in [0.15, 0.2) is 48.0 Å². The third kappa shape index (κ3) is 5.88. The second-order valence-electron chi connectivity index (χ2n) is 15.5. The number of methoxy groups -OCH3 is 1. The number of unbranched alkanes of at least 4 members (excludes halogenated alkanes) is 2. The first-order valence-corrected chi connectivity index (χ1v) is 20.9. The second kappa shape index (κ2) is 14.3. The number of amides is 4. The number of carbonyl (C=O) groups excluding carboxylic acids is 4. The number of nitrogens with zero attached hydrogens (tertiary/aromatic N) is 4. The molecule has 2 aliphatic carbocycles. The number of phenolic OH excluding ortho intramolecular Hbond substituents is 1. The van der Waals surface area contributed by atoms with Crippen molar-refractivity contribution in [2.75, 3.05) is 18.6 Å². The lowest BCUT2D eigenvalue weighted by Crippen LogP contribution is -2.49. The van der Waals surface area contributed by atoms with E-state index in [1.807, 2.05) is 60.7 Å². The number of ether oxygens (including phenoxy) is 1. The number of thiophene rings is 1. The molecule has 15 heteroatoms. The van der Waals surface area contributed by atoms with E-state index in [0.29, 0.717) is 51.4 Å². The van der Waals surface area contributed by atoms with Crippen molar-refractivity contribution in [2.24, 2.45) is 36.1 Å². The normalized spacial score (nSPS) is 25.8. The van der Waals surface area contributed by atoms with Crippen molar-refractivity contribution in [3.63, 3.8) is 0 Å². The summed E-state index contributed by atoms with van der Waals surface area (Å²) in [6.07, 6.45) is 4.02. The number of hydrogen-bond donors (Lipinski definition) is 2. The smallest absolute Gasteiger partial charge is 0.303 e. The molecule has 2 aromatic carbocycles. The Labute approximate surface area is 345 Å². The minimum absolute atomic E-state index is 0.0228. The first-order valence-electron chi connectivity index (χ1n) is 18.6. The highest BCUT2D eigenvalue weighted by Crippen LogP contribution is 2.64. The Kier molecular flexibility index (Phi) is 9.84. The van der Waals surface area contributed by atoms with E-state index in [9.17, 15) is 24.3 Å². The number of aliphatic carboxylic acids is 1. The van der Waals surface area contributed by atoms with Crippen LogP contribution >= 0.6 is 45.5 Å². The van der Waals surface area contributed by atoms with E-state index < -0.39 is 52.8 Å². The number of anilines is 1. The Hall–Kier alpha value is -4.28. The van der Waals surface area contributed by atoms with E-state index in [4.69, 9.17) is 26.5 Å². The van der Waals surface area contributed by atoms with Gasteiger partial charge in [-0.15, -0.1) is 11.3 Å². The average molecular weight is 911 g/mol. The molecule has 0 bridgehead atoms. The molecule has 56 heavy (non-hydrogen) atoms. The Morgan fingerprint density at radius 1 is 1.07 bits per heavy atom. The number of halogens is 2. The summed E-state index contributed by atoms with van der Waals surface area (Å²) in [5, 5.41) is 26.3. The van der Waals surface area contributed by atoms with Crippen LogP contribution in [-0.2, 0) is 31.0 Å². The van der Waals surface area contributed by atoms with Crippen molar-refractivity contribution in [3.05, 3.63) is 67.8 Å². The van der Waals surface area contributed by atoms with E-state index in [0.717, 1.165) is 26.1 Å². The van der Waals surface area contributed by atoms with Gasteiger partial charge in [0, 0.05) is 41.7 Å². The van der Waals surface area contributed by atoms with Gasteiger partial charge in [0.1, 0.15) is 11.5 Å². The van der Waals surface area contributed by atoms with Crippen molar-refractivity contribution in [2.45, 2.75) is 58.3 Å². The molecule has 12 nitrogen and oxygen atoms in total. The molecule has 4 heterocycles. The zero-order valence-electron chi connectivity index (χ0n) is 31.2. The molecule has 8 rings (SSSR count). The van der Waals surface area contributed by atoms with Crippen LogP contribution < -0.4 is 9.64 Å². The van der Waals surface area contributed by atoms with E-state index >= 15 is 4.79 Å². The number of rotatable bonds is 10. The van der Waals surface area contributed by atoms with Gasteiger partial charge in [-0.1, -0.05) is 29.7 Å². The maximum Gasteiger partial charge on any atom is 0.303 e. The molecule has 3 fully saturated rings. The molecule has 6 atom stereocenters. The van der Waals surface area contributed by atoms with Gasteiger partial charge in [-0.3, -0.25) is 33.6 Å². The van der Waals surface area contributed by atoms with Crippen molar-refractivity contribution < 1.29 is 38.9 Å². The number of aromatic hydroxyl groups is 1. The fourth-order valence-corrected chi connectivity index (χ4v) is 11.7. The van der Waals surface area contributed by atoms with Crippen LogP contribution in [0.1, 0.15) is 62.5 Å². The number of carboxylic acid groups (broad SMARTS) is 1. The van der Waals surface area contributed by atoms with Crippen LogP contribution in [0, 0.1) is 39.6 Å². The quantitative estimate of drug-likeness (QED) is 0.0713. The number of phenols is 1. The van der Waals surface area contributed by atoms with E-state index in [2.05, 4.69) is 0 Å². The number of benzene rings is 2. The predicted octanol–water partition coefficient (Wildman–Crippen LogP) is 7.46. The summed E-state index contributed by atoms with van der Waals surface area (Å²) in [5.74, 6) is -5.08. The fourth-order valence-electron chi connectivity index (χ4n) is 9.75. The van der Waals surface area contributed by atoms with Gasteiger partial charge in [-0.05, 0) is 115 Å². The number of allylic oxidation sites excluding steroid dienone is 2. The summed E-state index contributed by atoms with van der Waals surface area (Å²) in [4.78, 5) is 72.6. The van der Waals surface area contributed by atoms with Crippen molar-refractivity contribution >= 4 is 91.0 Å². The monoisotopic (exact) mass is 910 g/mol. The van der Waals surface area contributed by atoms with Crippen LogP contribution in [0.25, 0.3) is 20.7 Å². The Balaban J connectivity index is 1.19. The first-order chi connectivity index (χ1) is 26.7. The lowest BCUT2D eigenvalue weighted by molar-refractivity contribution is -0.141. The van der Waals surface area contributed by atoms with Crippen LogP contribution in [-0.4, -0.2) is 68.1 Å². The zero-order chi connectivity index (χ0) is 40.0. The van der Waals surface area contributed by atoms with Crippen molar-refractivity contribution in [1.82, 2.24) is 14.7 Å². The van der Waals surface area contributed by atoms with Crippen LogP contribution in [0.2, 0.25) is 5.02 Å². The lowest BCUT2D eigenvalue weighted by Gasteiger charge is -2.49. The highest BCUT2D eigenvalue weighted by Gasteiger charge is 2.68. The molecule has 0 radical (unpaired) electrons. The fraction of sp³-hybridized carbons (Fsp3) is 0.415. The molecule has 4 aliphatic rings. The van der Waals surface area contributed by atoms with Gasteiger partial charge < -0.3 is 14.9 Å². The van der Waals surface area contributed by atoms with Crippen molar-refractivity contribution in [1.29, 1.82) is 0 Å². The van der Waals surface area contributed by atoms with Crippen LogP contribution in [0.5, 0.6) is 11.5 Å². The SMILES string of the molecule is COc1cc(C2C3=CCC4C(=O)N(CCCCCC(=O)O)C(=O)C4C3CC3C(=O)N(c4cc(-c5sc6ccc(Cl)cc6c5C)nn4C)C(=O)C32C)cc(I)c1O. The summed E-state index contributed by atoms with van der Waals surface area (Å²) >= 11 is 9.89. The number of fused-ring (bicyclic) bond motifs is 5. The molecule has 2 saturated heterocycles. The van der Waals surface area contributed by atoms with Crippen LogP contribution in [0.4, 0.5) is 5.82 Å². The number of imide groups is 2. The van der Waals surface area contributed by atoms with Gasteiger partial charge in [0.2, 0.25) is 23.6 Å². The highest BCUT2D eigenvalue weighted by molar-refractivity contribution is 14.1. The summed E-state index contributed by atoms with van der Waals surface area (Å²) in [6, 6.07) is 11.0. The van der Waals surface area contributed by atoms with Crippen molar-refractivity contribution in [3.8, 4) is 22.1 Å².